The Bertz CT molecular complexity index is 502. The molecule has 2 aromatic rings. The van der Waals surface area contributed by atoms with Crippen molar-refractivity contribution < 1.29 is 5.11 Å². The number of rotatable bonds is 5. The fourth-order valence-corrected chi connectivity index (χ4v) is 2.28. The Balaban J connectivity index is 2.36. The lowest BCUT2D eigenvalue weighted by molar-refractivity contribution is 0.476. The maximum Gasteiger partial charge on any atom is 0.116 e. The third-order valence-corrected chi connectivity index (χ3v) is 3.16. The monoisotopic (exact) mass is 232 g/mol. The van der Waals surface area contributed by atoms with Crippen LogP contribution >= 0.6 is 0 Å². The Labute approximate surface area is 102 Å². The molecule has 1 heterocycles. The Hall–Kier alpha value is -1.48. The number of hydrogen-bond donors (Lipinski definition) is 2. The molecule has 0 atom stereocenters. The summed E-state index contributed by atoms with van der Waals surface area (Å²) in [6.45, 7) is 4.13. The van der Waals surface area contributed by atoms with Crippen molar-refractivity contribution in [3.05, 3.63) is 30.0 Å². The van der Waals surface area contributed by atoms with Crippen molar-refractivity contribution in [3.63, 3.8) is 0 Å². The van der Waals surface area contributed by atoms with Crippen LogP contribution in [0.1, 0.15) is 18.9 Å². The summed E-state index contributed by atoms with van der Waals surface area (Å²) in [6, 6.07) is 5.62. The van der Waals surface area contributed by atoms with Gasteiger partial charge >= 0.3 is 0 Å². The van der Waals surface area contributed by atoms with E-state index in [-0.39, 0.29) is 0 Å². The molecule has 0 saturated carbocycles. The van der Waals surface area contributed by atoms with Crippen molar-refractivity contribution in [2.75, 3.05) is 13.6 Å². The molecule has 0 aliphatic heterocycles. The van der Waals surface area contributed by atoms with Crippen molar-refractivity contribution >= 4 is 10.9 Å². The molecule has 0 radical (unpaired) electrons. The number of benzene rings is 1. The highest BCUT2D eigenvalue weighted by Gasteiger charge is 2.07. The first kappa shape index (κ1) is 12.0. The number of nitrogens with zero attached hydrogens (tertiary/aromatic N) is 1. The van der Waals surface area contributed by atoms with Gasteiger partial charge in [-0.1, -0.05) is 0 Å². The van der Waals surface area contributed by atoms with E-state index in [4.69, 9.17) is 0 Å². The standard InChI is InChI=1S/C14H20N2O/c1-3-16-10-11(5-4-8-15-2)13-9-12(17)6-7-14(13)16/h6-7,9-10,15,17H,3-5,8H2,1-2H3. The zero-order valence-corrected chi connectivity index (χ0v) is 10.5. The van der Waals surface area contributed by atoms with Crippen molar-refractivity contribution in [3.8, 4) is 5.75 Å². The van der Waals surface area contributed by atoms with Crippen molar-refractivity contribution in [1.82, 2.24) is 9.88 Å². The average Bonchev–Trinajstić information content (AvgIpc) is 2.67. The van der Waals surface area contributed by atoms with Gasteiger partial charge in [-0.25, -0.2) is 0 Å². The van der Waals surface area contributed by atoms with E-state index in [1.165, 1.54) is 16.5 Å². The lowest BCUT2D eigenvalue weighted by atomic mass is 10.1. The summed E-state index contributed by atoms with van der Waals surface area (Å²) in [7, 11) is 1.97. The van der Waals surface area contributed by atoms with Crippen LogP contribution in [-0.2, 0) is 13.0 Å². The molecule has 0 saturated heterocycles. The van der Waals surface area contributed by atoms with Gasteiger partial charge in [0.1, 0.15) is 5.75 Å². The average molecular weight is 232 g/mol. The van der Waals surface area contributed by atoms with Gasteiger partial charge in [0.25, 0.3) is 0 Å². The van der Waals surface area contributed by atoms with Crippen LogP contribution in [0.25, 0.3) is 10.9 Å². The van der Waals surface area contributed by atoms with Crippen LogP contribution in [0.15, 0.2) is 24.4 Å². The second-order valence-electron chi connectivity index (χ2n) is 4.35. The Morgan fingerprint density at radius 3 is 2.88 bits per heavy atom. The molecular formula is C14H20N2O. The molecule has 0 bridgehead atoms. The fraction of sp³-hybridized carbons (Fsp3) is 0.429. The van der Waals surface area contributed by atoms with Gasteiger partial charge in [0, 0.05) is 23.6 Å². The Morgan fingerprint density at radius 1 is 1.35 bits per heavy atom. The highest BCUT2D eigenvalue weighted by atomic mass is 16.3. The molecular weight excluding hydrogens is 212 g/mol. The minimum absolute atomic E-state index is 0.348. The summed E-state index contributed by atoms with van der Waals surface area (Å²) >= 11 is 0. The van der Waals surface area contributed by atoms with Crippen LogP contribution in [-0.4, -0.2) is 23.3 Å². The van der Waals surface area contributed by atoms with Crippen LogP contribution in [0.2, 0.25) is 0 Å². The maximum atomic E-state index is 9.59. The van der Waals surface area contributed by atoms with Crippen LogP contribution in [0, 0.1) is 0 Å². The van der Waals surface area contributed by atoms with Gasteiger partial charge in [-0.3, -0.25) is 0 Å². The molecule has 2 rings (SSSR count). The summed E-state index contributed by atoms with van der Waals surface area (Å²) in [5.41, 5.74) is 2.54. The summed E-state index contributed by atoms with van der Waals surface area (Å²) in [4.78, 5) is 0. The van der Waals surface area contributed by atoms with E-state index >= 15 is 0 Å². The number of aromatic nitrogens is 1. The van der Waals surface area contributed by atoms with E-state index in [1.54, 1.807) is 6.07 Å². The number of nitrogens with one attached hydrogen (secondary N) is 1. The highest BCUT2D eigenvalue weighted by Crippen LogP contribution is 2.26. The normalized spacial score (nSPS) is 11.2. The third kappa shape index (κ3) is 2.44. The van der Waals surface area contributed by atoms with Gasteiger partial charge in [0.15, 0.2) is 0 Å². The Morgan fingerprint density at radius 2 is 2.18 bits per heavy atom. The second-order valence-corrected chi connectivity index (χ2v) is 4.35. The number of hydrogen-bond acceptors (Lipinski definition) is 2. The van der Waals surface area contributed by atoms with Gasteiger partial charge in [0.2, 0.25) is 0 Å². The molecule has 0 spiro atoms. The minimum Gasteiger partial charge on any atom is -0.508 e. The topological polar surface area (TPSA) is 37.2 Å². The molecule has 1 aromatic carbocycles. The lowest BCUT2D eigenvalue weighted by Crippen LogP contribution is -2.08. The molecule has 0 amide bonds. The second kappa shape index (κ2) is 5.23. The quantitative estimate of drug-likeness (QED) is 0.777. The smallest absolute Gasteiger partial charge is 0.116 e. The predicted molar refractivity (Wildman–Crippen MR) is 71.5 cm³/mol. The van der Waals surface area contributed by atoms with Crippen molar-refractivity contribution in [2.45, 2.75) is 26.3 Å². The minimum atomic E-state index is 0.348. The van der Waals surface area contributed by atoms with Crippen LogP contribution in [0.3, 0.4) is 0 Å². The van der Waals surface area contributed by atoms with E-state index in [9.17, 15) is 5.11 Å². The molecule has 0 unspecified atom stereocenters. The summed E-state index contributed by atoms with van der Waals surface area (Å²) < 4.78 is 2.24. The Kier molecular flexibility index (Phi) is 3.69. The number of phenols is 1. The first-order valence-corrected chi connectivity index (χ1v) is 6.21. The summed E-state index contributed by atoms with van der Waals surface area (Å²) in [5.74, 6) is 0.348. The number of fused-ring (bicyclic) bond motifs is 1. The molecule has 0 aliphatic carbocycles. The highest BCUT2D eigenvalue weighted by molar-refractivity contribution is 5.85. The van der Waals surface area contributed by atoms with Crippen molar-refractivity contribution in [1.29, 1.82) is 0 Å². The number of phenolic OH excluding ortho intramolecular Hbond substituents is 1. The zero-order valence-electron chi connectivity index (χ0n) is 10.5. The molecule has 1 aromatic heterocycles. The fourth-order valence-electron chi connectivity index (χ4n) is 2.28. The van der Waals surface area contributed by atoms with E-state index in [0.29, 0.717) is 5.75 Å². The first-order valence-electron chi connectivity index (χ1n) is 6.21. The predicted octanol–water partition coefficient (Wildman–Crippen LogP) is 2.52. The summed E-state index contributed by atoms with van der Waals surface area (Å²) in [5, 5.41) is 13.9. The summed E-state index contributed by atoms with van der Waals surface area (Å²) in [6.07, 6.45) is 4.38. The van der Waals surface area contributed by atoms with Crippen LogP contribution in [0.5, 0.6) is 5.75 Å². The molecule has 17 heavy (non-hydrogen) atoms. The molecule has 0 aliphatic rings. The van der Waals surface area contributed by atoms with Gasteiger partial charge in [-0.2, -0.15) is 0 Å². The van der Waals surface area contributed by atoms with Crippen LogP contribution < -0.4 is 5.32 Å². The van der Waals surface area contributed by atoms with E-state index in [2.05, 4.69) is 23.0 Å². The van der Waals surface area contributed by atoms with Gasteiger partial charge < -0.3 is 15.0 Å². The SMILES string of the molecule is CCn1cc(CCCNC)c2cc(O)ccc21. The molecule has 3 nitrogen and oxygen atoms in total. The van der Waals surface area contributed by atoms with Crippen molar-refractivity contribution in [2.24, 2.45) is 0 Å². The van der Waals surface area contributed by atoms with Crippen LogP contribution in [0.4, 0.5) is 0 Å². The molecule has 0 fully saturated rings. The van der Waals surface area contributed by atoms with E-state index in [1.807, 2.05) is 19.2 Å². The molecule has 2 N–H and O–H groups in total. The zero-order chi connectivity index (χ0) is 12.3. The largest absolute Gasteiger partial charge is 0.508 e. The van der Waals surface area contributed by atoms with Gasteiger partial charge in [-0.15, -0.1) is 0 Å². The number of aromatic hydroxyl groups is 1. The molecule has 92 valence electrons. The molecule has 3 heteroatoms. The lowest BCUT2D eigenvalue weighted by Gasteiger charge is -2.00. The van der Waals surface area contributed by atoms with Gasteiger partial charge in [0.05, 0.1) is 0 Å². The van der Waals surface area contributed by atoms with E-state index in [0.717, 1.165) is 25.9 Å². The maximum absolute atomic E-state index is 9.59. The first-order chi connectivity index (χ1) is 8.26. The number of aryl methyl sites for hydroxylation is 2. The van der Waals surface area contributed by atoms with Gasteiger partial charge in [-0.05, 0) is 57.1 Å². The van der Waals surface area contributed by atoms with E-state index < -0.39 is 0 Å². The third-order valence-electron chi connectivity index (χ3n) is 3.16.